The van der Waals surface area contributed by atoms with Crippen LogP contribution in [0.4, 0.5) is 8.78 Å². The highest BCUT2D eigenvalue weighted by molar-refractivity contribution is 6.20. The molecule has 2 rings (SSSR count). The van der Waals surface area contributed by atoms with Gasteiger partial charge in [-0.2, -0.15) is 0 Å². The zero-order valence-corrected chi connectivity index (χ0v) is 9.51. The summed E-state index contributed by atoms with van der Waals surface area (Å²) in [5.41, 5.74) is 0.376. The second-order valence-corrected chi connectivity index (χ2v) is 4.64. The molecule has 0 saturated carbocycles. The maximum absolute atomic E-state index is 13.4. The van der Waals surface area contributed by atoms with Crippen LogP contribution in [0.3, 0.4) is 0 Å². The fraction of sp³-hybridized carbons (Fsp3) is 0.500. The van der Waals surface area contributed by atoms with Crippen LogP contribution in [-0.2, 0) is 11.2 Å². The van der Waals surface area contributed by atoms with E-state index in [1.807, 2.05) is 0 Å². The van der Waals surface area contributed by atoms with E-state index in [9.17, 15) is 8.78 Å². The molecule has 16 heavy (non-hydrogen) atoms. The Kier molecular flexibility index (Phi) is 3.77. The Bertz CT molecular complexity index is 370. The van der Waals surface area contributed by atoms with E-state index in [2.05, 4.69) is 0 Å². The van der Waals surface area contributed by atoms with E-state index in [-0.39, 0.29) is 17.1 Å². The molecule has 1 aliphatic heterocycles. The summed E-state index contributed by atoms with van der Waals surface area (Å²) < 4.78 is 31.7. The number of halogens is 3. The minimum atomic E-state index is -0.417. The predicted octanol–water partition coefficient (Wildman–Crippen LogP) is 3.15. The molecular formula is C12H13ClF2O. The zero-order chi connectivity index (χ0) is 11.5. The zero-order valence-electron chi connectivity index (χ0n) is 8.76. The first-order chi connectivity index (χ1) is 7.66. The van der Waals surface area contributed by atoms with Crippen LogP contribution in [-0.4, -0.2) is 18.6 Å². The van der Waals surface area contributed by atoms with Gasteiger partial charge in [-0.25, -0.2) is 8.78 Å². The molecule has 1 aromatic carbocycles. The van der Waals surface area contributed by atoms with Crippen molar-refractivity contribution in [3.05, 3.63) is 35.4 Å². The molecule has 88 valence electrons. The van der Waals surface area contributed by atoms with Gasteiger partial charge in [0.25, 0.3) is 0 Å². The van der Waals surface area contributed by atoms with Gasteiger partial charge in [0.15, 0.2) is 0 Å². The van der Waals surface area contributed by atoms with Crippen LogP contribution in [0.15, 0.2) is 18.2 Å². The van der Waals surface area contributed by atoms with Crippen molar-refractivity contribution in [1.29, 1.82) is 0 Å². The molecule has 0 aliphatic carbocycles. The molecule has 0 amide bonds. The lowest BCUT2D eigenvalue weighted by molar-refractivity contribution is 0.0575. The molecule has 1 aliphatic rings. The summed E-state index contributed by atoms with van der Waals surface area (Å²) in [6.07, 6.45) is 1.20. The van der Waals surface area contributed by atoms with Crippen LogP contribution in [0, 0.1) is 17.6 Å². The second kappa shape index (κ2) is 5.11. The van der Waals surface area contributed by atoms with E-state index in [0.29, 0.717) is 25.2 Å². The molecule has 2 unspecified atom stereocenters. The third-order valence-corrected chi connectivity index (χ3v) is 3.45. The first kappa shape index (κ1) is 11.8. The predicted molar refractivity (Wildman–Crippen MR) is 58.6 cm³/mol. The van der Waals surface area contributed by atoms with Gasteiger partial charge in [-0.05, 0) is 36.6 Å². The minimum Gasteiger partial charge on any atom is -0.381 e. The lowest BCUT2D eigenvalue weighted by Crippen LogP contribution is -2.29. The Morgan fingerprint density at radius 2 is 2.19 bits per heavy atom. The highest BCUT2D eigenvalue weighted by Crippen LogP contribution is 2.25. The quantitative estimate of drug-likeness (QED) is 0.729. The maximum atomic E-state index is 13.4. The molecule has 0 spiro atoms. The first-order valence-corrected chi connectivity index (χ1v) is 5.76. The Hall–Kier alpha value is -0.670. The van der Waals surface area contributed by atoms with Crippen LogP contribution >= 0.6 is 11.6 Å². The Balaban J connectivity index is 2.10. The number of rotatable bonds is 2. The van der Waals surface area contributed by atoms with E-state index in [0.717, 1.165) is 18.6 Å². The topological polar surface area (TPSA) is 9.23 Å². The van der Waals surface area contributed by atoms with E-state index in [1.54, 1.807) is 0 Å². The molecule has 4 heteroatoms. The Labute approximate surface area is 98.4 Å². The average Bonchev–Trinajstić information content (AvgIpc) is 2.27. The van der Waals surface area contributed by atoms with Crippen molar-refractivity contribution >= 4 is 11.6 Å². The largest absolute Gasteiger partial charge is 0.381 e. The summed E-state index contributed by atoms with van der Waals surface area (Å²) >= 11 is 6.13. The maximum Gasteiger partial charge on any atom is 0.126 e. The fourth-order valence-corrected chi connectivity index (χ4v) is 2.19. The summed E-state index contributed by atoms with van der Waals surface area (Å²) in [5, 5.41) is -0.0172. The third-order valence-electron chi connectivity index (χ3n) is 2.87. The normalized spacial score (nSPS) is 25.7. The number of alkyl halides is 1. The summed E-state index contributed by atoms with van der Waals surface area (Å²) in [7, 11) is 0. The molecule has 1 nitrogen and oxygen atoms in total. The van der Waals surface area contributed by atoms with Crippen molar-refractivity contribution in [2.45, 2.75) is 18.2 Å². The summed E-state index contributed by atoms with van der Waals surface area (Å²) in [5.74, 6) is -0.734. The standard InChI is InChI=1S/C12H13ClF2O/c13-11-3-4-16-7-9(11)5-8-6-10(14)1-2-12(8)15/h1-2,6,9,11H,3-5,7H2. The van der Waals surface area contributed by atoms with Gasteiger partial charge in [-0.1, -0.05) is 0 Å². The fourth-order valence-electron chi connectivity index (χ4n) is 1.94. The molecule has 2 atom stereocenters. The van der Waals surface area contributed by atoms with Crippen molar-refractivity contribution in [3.63, 3.8) is 0 Å². The lowest BCUT2D eigenvalue weighted by atomic mass is 9.93. The third kappa shape index (κ3) is 2.71. The SMILES string of the molecule is Fc1ccc(F)c(CC2COCCC2Cl)c1. The molecule has 1 saturated heterocycles. The van der Waals surface area contributed by atoms with Gasteiger partial charge in [-0.3, -0.25) is 0 Å². The summed E-state index contributed by atoms with van der Waals surface area (Å²) in [4.78, 5) is 0. The van der Waals surface area contributed by atoms with E-state index in [1.165, 1.54) is 6.07 Å². The van der Waals surface area contributed by atoms with Crippen LogP contribution in [0.1, 0.15) is 12.0 Å². The Morgan fingerprint density at radius 1 is 1.38 bits per heavy atom. The molecule has 0 aromatic heterocycles. The highest BCUT2D eigenvalue weighted by Gasteiger charge is 2.25. The Morgan fingerprint density at radius 3 is 2.94 bits per heavy atom. The second-order valence-electron chi connectivity index (χ2n) is 4.08. The molecular weight excluding hydrogens is 234 g/mol. The van der Waals surface area contributed by atoms with Gasteiger partial charge in [0.05, 0.1) is 6.61 Å². The average molecular weight is 247 g/mol. The van der Waals surface area contributed by atoms with E-state index >= 15 is 0 Å². The van der Waals surface area contributed by atoms with Crippen molar-refractivity contribution in [1.82, 2.24) is 0 Å². The van der Waals surface area contributed by atoms with Gasteiger partial charge in [0.1, 0.15) is 11.6 Å². The minimum absolute atomic E-state index is 0.0172. The van der Waals surface area contributed by atoms with Gasteiger partial charge in [0, 0.05) is 17.9 Å². The van der Waals surface area contributed by atoms with E-state index < -0.39 is 5.82 Å². The van der Waals surface area contributed by atoms with Crippen LogP contribution in [0.5, 0.6) is 0 Å². The van der Waals surface area contributed by atoms with Gasteiger partial charge in [-0.15, -0.1) is 11.6 Å². The van der Waals surface area contributed by atoms with Crippen molar-refractivity contribution in [2.75, 3.05) is 13.2 Å². The molecule has 1 aromatic rings. The summed E-state index contributed by atoms with van der Waals surface area (Å²) in [6.45, 7) is 1.17. The highest BCUT2D eigenvalue weighted by atomic mass is 35.5. The van der Waals surface area contributed by atoms with Crippen molar-refractivity contribution < 1.29 is 13.5 Å². The first-order valence-electron chi connectivity index (χ1n) is 5.32. The number of hydrogen-bond donors (Lipinski definition) is 0. The van der Waals surface area contributed by atoms with Gasteiger partial charge in [0.2, 0.25) is 0 Å². The monoisotopic (exact) mass is 246 g/mol. The molecule has 0 N–H and O–H groups in total. The smallest absolute Gasteiger partial charge is 0.126 e. The number of hydrogen-bond acceptors (Lipinski definition) is 1. The molecule has 1 heterocycles. The van der Waals surface area contributed by atoms with Crippen molar-refractivity contribution in [2.24, 2.45) is 5.92 Å². The number of ether oxygens (including phenoxy) is 1. The molecule has 0 radical (unpaired) electrons. The van der Waals surface area contributed by atoms with Gasteiger partial charge < -0.3 is 4.74 Å². The molecule has 1 fully saturated rings. The lowest BCUT2D eigenvalue weighted by Gasteiger charge is -2.27. The number of benzene rings is 1. The van der Waals surface area contributed by atoms with Crippen LogP contribution in [0.25, 0.3) is 0 Å². The van der Waals surface area contributed by atoms with Crippen molar-refractivity contribution in [3.8, 4) is 0 Å². The van der Waals surface area contributed by atoms with Crippen LogP contribution < -0.4 is 0 Å². The van der Waals surface area contributed by atoms with Gasteiger partial charge >= 0.3 is 0 Å². The molecule has 0 bridgehead atoms. The summed E-state index contributed by atoms with van der Waals surface area (Å²) in [6, 6.07) is 3.50. The van der Waals surface area contributed by atoms with E-state index in [4.69, 9.17) is 16.3 Å². The van der Waals surface area contributed by atoms with Crippen LogP contribution in [0.2, 0.25) is 0 Å².